The number of methoxy groups -OCH3 is 1. The van der Waals surface area contributed by atoms with E-state index in [2.05, 4.69) is 10.3 Å². The highest BCUT2D eigenvalue weighted by molar-refractivity contribution is 6.17. The third-order valence-corrected chi connectivity index (χ3v) is 8.06. The minimum absolute atomic E-state index is 0.0120. The van der Waals surface area contributed by atoms with Crippen molar-refractivity contribution in [1.82, 2.24) is 10.3 Å². The van der Waals surface area contributed by atoms with Gasteiger partial charge in [0.05, 0.1) is 7.11 Å². The molecule has 38 heavy (non-hydrogen) atoms. The first kappa shape index (κ1) is 24.2. The maximum absolute atomic E-state index is 14.8. The number of amides is 2. The van der Waals surface area contributed by atoms with Gasteiger partial charge in [0, 0.05) is 35.6 Å². The lowest BCUT2D eigenvalue weighted by atomic mass is 9.69. The van der Waals surface area contributed by atoms with Gasteiger partial charge < -0.3 is 14.8 Å². The fraction of sp³-hybridized carbons (Fsp3) is 0.333. The van der Waals surface area contributed by atoms with Crippen LogP contribution in [0.2, 0.25) is 0 Å². The first-order valence-corrected chi connectivity index (χ1v) is 13.1. The van der Waals surface area contributed by atoms with Crippen LogP contribution in [0.15, 0.2) is 73.1 Å². The third kappa shape index (κ3) is 3.66. The van der Waals surface area contributed by atoms with Gasteiger partial charge in [-0.25, -0.2) is 0 Å². The van der Waals surface area contributed by atoms with Crippen LogP contribution in [0.1, 0.15) is 49.1 Å². The molecule has 1 aromatic heterocycles. The summed E-state index contributed by atoms with van der Waals surface area (Å²) in [5, 5.41) is 3.29. The van der Waals surface area contributed by atoms with Crippen molar-refractivity contribution >= 4 is 23.5 Å². The predicted molar refractivity (Wildman–Crippen MR) is 140 cm³/mol. The van der Waals surface area contributed by atoms with Crippen LogP contribution < -0.4 is 19.7 Å². The van der Waals surface area contributed by atoms with Crippen molar-refractivity contribution in [3.63, 3.8) is 0 Å². The number of ether oxygens (including phenoxy) is 2. The number of para-hydroxylation sites is 1. The lowest BCUT2D eigenvalue weighted by molar-refractivity contribution is -0.144. The van der Waals surface area contributed by atoms with Crippen LogP contribution in [0.5, 0.6) is 11.5 Å². The molecule has 2 amide bonds. The average Bonchev–Trinajstić information content (AvgIpc) is 3.25. The van der Waals surface area contributed by atoms with Gasteiger partial charge in [-0.05, 0) is 60.9 Å². The highest BCUT2D eigenvalue weighted by Crippen LogP contribution is 2.58. The van der Waals surface area contributed by atoms with E-state index < -0.39 is 29.3 Å². The number of anilines is 1. The Morgan fingerprint density at radius 1 is 1.03 bits per heavy atom. The van der Waals surface area contributed by atoms with Crippen LogP contribution in [0.4, 0.5) is 5.69 Å². The van der Waals surface area contributed by atoms with E-state index in [0.29, 0.717) is 28.3 Å². The largest absolute Gasteiger partial charge is 0.497 e. The Labute approximate surface area is 221 Å². The summed E-state index contributed by atoms with van der Waals surface area (Å²) in [5.74, 6) is -2.65. The Hall–Kier alpha value is -4.20. The van der Waals surface area contributed by atoms with E-state index in [4.69, 9.17) is 9.47 Å². The number of rotatable bonds is 5. The fourth-order valence-corrected chi connectivity index (χ4v) is 6.38. The smallest absolute Gasteiger partial charge is 0.324 e. The molecule has 0 unspecified atom stereocenters. The second-order valence-corrected chi connectivity index (χ2v) is 10.1. The fourth-order valence-electron chi connectivity index (χ4n) is 6.38. The number of aromatic nitrogens is 1. The van der Waals surface area contributed by atoms with Crippen LogP contribution in [0, 0.1) is 5.92 Å². The van der Waals surface area contributed by atoms with E-state index in [9.17, 15) is 14.4 Å². The summed E-state index contributed by atoms with van der Waals surface area (Å²) in [4.78, 5) is 48.2. The predicted octanol–water partition coefficient (Wildman–Crippen LogP) is 4.10. The summed E-state index contributed by atoms with van der Waals surface area (Å²) in [6.07, 6.45) is 8.18. The third-order valence-electron chi connectivity index (χ3n) is 8.06. The highest BCUT2D eigenvalue weighted by Gasteiger charge is 2.69. The van der Waals surface area contributed by atoms with Crippen molar-refractivity contribution < 1.29 is 23.9 Å². The van der Waals surface area contributed by atoms with Crippen molar-refractivity contribution in [3.05, 3.63) is 84.2 Å². The van der Waals surface area contributed by atoms with E-state index >= 15 is 0 Å². The van der Waals surface area contributed by atoms with Crippen molar-refractivity contribution in [2.24, 2.45) is 5.92 Å². The second-order valence-electron chi connectivity index (χ2n) is 10.1. The molecule has 0 radical (unpaired) electrons. The van der Waals surface area contributed by atoms with Crippen LogP contribution in [-0.2, 0) is 19.9 Å². The standard InChI is InChI=1S/C30H29N3O5/c1-37-22-12-13-24-23(18-22)26-25(28(35)38-24)27(34)33(21-10-6-3-7-11-21)30(26,19-14-16-31-17-15-19)29(36)32-20-8-4-2-5-9-20/h3,6-7,10-18,20,25-26H,2,4-5,8-9H2,1H3,(H,32,36)/t25-,26-,30-/m1/s1. The molecule has 2 aromatic carbocycles. The average molecular weight is 512 g/mol. The van der Waals surface area contributed by atoms with Crippen molar-refractivity contribution in [3.8, 4) is 11.5 Å². The molecule has 2 fully saturated rings. The Balaban J connectivity index is 1.64. The molecule has 2 aliphatic heterocycles. The monoisotopic (exact) mass is 511 g/mol. The summed E-state index contributed by atoms with van der Waals surface area (Å²) in [6, 6.07) is 17.7. The SMILES string of the molecule is COc1ccc2c(c1)[C@@H]1[C@@H](C(=O)O2)C(=O)N(c2ccccc2)[C@]1(C(=O)NC1CCCCC1)c1ccncc1. The van der Waals surface area contributed by atoms with Gasteiger partial charge in [0.15, 0.2) is 5.54 Å². The first-order chi connectivity index (χ1) is 18.6. The number of hydrogen-bond acceptors (Lipinski definition) is 6. The van der Waals surface area contributed by atoms with Crippen molar-refractivity contribution in [2.45, 2.75) is 49.6 Å². The molecule has 194 valence electrons. The molecule has 8 nitrogen and oxygen atoms in total. The van der Waals surface area contributed by atoms with E-state index in [1.54, 1.807) is 62.0 Å². The molecule has 3 heterocycles. The van der Waals surface area contributed by atoms with Crippen LogP contribution >= 0.6 is 0 Å². The lowest BCUT2D eigenvalue weighted by Gasteiger charge is -2.43. The van der Waals surface area contributed by atoms with Crippen LogP contribution in [-0.4, -0.2) is 35.9 Å². The molecule has 1 saturated carbocycles. The molecule has 1 N–H and O–H groups in total. The molecule has 1 saturated heterocycles. The zero-order valence-corrected chi connectivity index (χ0v) is 21.1. The van der Waals surface area contributed by atoms with Gasteiger partial charge in [0.25, 0.3) is 5.91 Å². The van der Waals surface area contributed by atoms with Crippen molar-refractivity contribution in [1.29, 1.82) is 0 Å². The number of nitrogens with one attached hydrogen (secondary N) is 1. The summed E-state index contributed by atoms with van der Waals surface area (Å²) in [7, 11) is 1.55. The number of benzene rings is 2. The molecule has 3 atom stereocenters. The van der Waals surface area contributed by atoms with Crippen LogP contribution in [0.3, 0.4) is 0 Å². The Kier molecular flexibility index (Phi) is 6.10. The summed E-state index contributed by atoms with van der Waals surface area (Å²) in [6.45, 7) is 0. The topological polar surface area (TPSA) is 97.8 Å². The molecule has 0 bridgehead atoms. The number of carbonyl (C=O) groups excluding carboxylic acids is 3. The van der Waals surface area contributed by atoms with Crippen molar-refractivity contribution in [2.75, 3.05) is 12.0 Å². The molecular formula is C30H29N3O5. The molecule has 1 aliphatic carbocycles. The number of fused-ring (bicyclic) bond motifs is 3. The zero-order valence-electron chi connectivity index (χ0n) is 21.1. The minimum Gasteiger partial charge on any atom is -0.497 e. The summed E-state index contributed by atoms with van der Waals surface area (Å²) >= 11 is 0. The maximum Gasteiger partial charge on any atom is 0.324 e. The summed E-state index contributed by atoms with van der Waals surface area (Å²) < 4.78 is 11.2. The first-order valence-electron chi connectivity index (χ1n) is 13.1. The zero-order chi connectivity index (χ0) is 26.3. The molecule has 8 heteroatoms. The molecule has 3 aromatic rings. The van der Waals surface area contributed by atoms with Crippen LogP contribution in [0.25, 0.3) is 0 Å². The molecule has 6 rings (SSSR count). The quantitative estimate of drug-likeness (QED) is 0.315. The number of esters is 1. The normalized spacial score (nSPS) is 24.8. The van der Waals surface area contributed by atoms with Gasteiger partial charge in [0.2, 0.25) is 5.91 Å². The van der Waals surface area contributed by atoms with Gasteiger partial charge in [-0.2, -0.15) is 0 Å². The Morgan fingerprint density at radius 3 is 2.47 bits per heavy atom. The Bertz CT molecular complexity index is 1370. The number of nitrogens with zero attached hydrogens (tertiary/aromatic N) is 2. The lowest BCUT2D eigenvalue weighted by Crippen LogP contribution is -2.59. The summed E-state index contributed by atoms with van der Waals surface area (Å²) in [5.41, 5.74) is 0.120. The van der Waals surface area contributed by atoms with E-state index in [1.165, 1.54) is 4.90 Å². The van der Waals surface area contributed by atoms with Gasteiger partial charge in [-0.1, -0.05) is 37.5 Å². The highest BCUT2D eigenvalue weighted by atomic mass is 16.5. The number of carbonyl (C=O) groups is 3. The van der Waals surface area contributed by atoms with Gasteiger partial charge in [0.1, 0.15) is 17.4 Å². The number of hydrogen-bond donors (Lipinski definition) is 1. The van der Waals surface area contributed by atoms with Gasteiger partial charge >= 0.3 is 5.97 Å². The van der Waals surface area contributed by atoms with Gasteiger partial charge in [-0.15, -0.1) is 0 Å². The second kappa shape index (κ2) is 9.59. The molecule has 0 spiro atoms. The number of pyridine rings is 1. The van der Waals surface area contributed by atoms with E-state index in [-0.39, 0.29) is 11.9 Å². The van der Waals surface area contributed by atoms with E-state index in [1.807, 2.05) is 18.2 Å². The molecule has 3 aliphatic rings. The maximum atomic E-state index is 14.8. The molecular weight excluding hydrogens is 482 g/mol. The van der Waals surface area contributed by atoms with E-state index in [0.717, 1.165) is 32.1 Å². The van der Waals surface area contributed by atoms with Gasteiger partial charge in [-0.3, -0.25) is 24.3 Å². The minimum atomic E-state index is -1.57. The Morgan fingerprint density at radius 2 is 1.76 bits per heavy atom.